The van der Waals surface area contributed by atoms with E-state index in [1.54, 1.807) is 0 Å². The first-order valence-electron chi connectivity index (χ1n) is 18.3. The fourth-order valence-electron chi connectivity index (χ4n) is 9.31. The Morgan fingerprint density at radius 3 is 1.40 bits per heavy atom. The number of hydrogen-bond acceptors (Lipinski definition) is 2. The van der Waals surface area contributed by atoms with Gasteiger partial charge < -0.3 is 9.64 Å². The van der Waals surface area contributed by atoms with Gasteiger partial charge >= 0.3 is 0 Å². The molecule has 1 aliphatic carbocycles. The van der Waals surface area contributed by atoms with Gasteiger partial charge in [-0.15, -0.1) is 0 Å². The third-order valence-electron chi connectivity index (χ3n) is 11.5. The zero-order valence-electron chi connectivity index (χ0n) is 29.5. The normalized spacial score (nSPS) is 14.2. The highest BCUT2D eigenvalue weighted by Crippen LogP contribution is 2.59. The van der Waals surface area contributed by atoms with Crippen LogP contribution in [-0.2, 0) is 10.8 Å². The van der Waals surface area contributed by atoms with Gasteiger partial charge in [0.15, 0.2) is 0 Å². The third kappa shape index (κ3) is 4.45. The quantitative estimate of drug-likeness (QED) is 0.173. The average Bonchev–Trinajstić information content (AvgIpc) is 3.55. The molecule has 2 heteroatoms. The van der Waals surface area contributed by atoms with Gasteiger partial charge in [0.2, 0.25) is 0 Å². The van der Waals surface area contributed by atoms with Gasteiger partial charge in [0.25, 0.3) is 0 Å². The Morgan fingerprint density at radius 1 is 0.377 bits per heavy atom. The summed E-state index contributed by atoms with van der Waals surface area (Å²) in [5.41, 5.74) is 13.6. The zero-order valence-corrected chi connectivity index (χ0v) is 29.5. The lowest BCUT2D eigenvalue weighted by atomic mass is 9.63. The van der Waals surface area contributed by atoms with E-state index in [9.17, 15) is 0 Å². The number of fused-ring (bicyclic) bond motifs is 5. The van der Waals surface area contributed by atoms with Gasteiger partial charge in [-0.2, -0.15) is 0 Å². The molecule has 0 unspecified atom stereocenters. The van der Waals surface area contributed by atoms with Gasteiger partial charge in [-0.05, 0) is 69.3 Å². The largest absolute Gasteiger partial charge is 0.457 e. The molecule has 1 aliphatic heterocycles. The maximum atomic E-state index is 6.59. The minimum atomic E-state index is -0.593. The Labute approximate surface area is 311 Å². The van der Waals surface area contributed by atoms with E-state index in [2.05, 4.69) is 218 Å². The number of rotatable bonds is 6. The zero-order chi connectivity index (χ0) is 35.4. The summed E-state index contributed by atoms with van der Waals surface area (Å²) in [4.78, 5) is 2.38. The standard InChI is InChI=1S/C51H37NO/c1-52(46-32-18-31-45-49(46)41-27-11-12-28-42(41)50(45,36-19-5-2-6-20-36)37-21-7-3-8-22-37)40-26-17-25-39(35-40)51(38-23-9-4-10-24-38)43-29-13-15-33-47(43)53-48-34-16-14-30-44(48)51/h2-35H,1H3. The van der Waals surface area contributed by atoms with Crippen LogP contribution in [0.25, 0.3) is 11.1 Å². The van der Waals surface area contributed by atoms with E-state index in [-0.39, 0.29) is 0 Å². The van der Waals surface area contributed by atoms with Crippen molar-refractivity contribution >= 4 is 11.4 Å². The SMILES string of the molecule is CN(c1cccc(C2(c3ccccc3)c3ccccc3Oc3ccccc32)c1)c1cccc2c1-c1ccccc1C2(c1ccccc1)c1ccccc1. The molecule has 252 valence electrons. The molecule has 0 saturated heterocycles. The van der Waals surface area contributed by atoms with Crippen molar-refractivity contribution in [2.45, 2.75) is 10.8 Å². The van der Waals surface area contributed by atoms with E-state index in [0.717, 1.165) is 28.3 Å². The number of benzene rings is 8. The van der Waals surface area contributed by atoms with Crippen molar-refractivity contribution in [1.29, 1.82) is 0 Å². The molecular formula is C51H37NO. The Morgan fingerprint density at radius 2 is 0.811 bits per heavy atom. The van der Waals surface area contributed by atoms with Gasteiger partial charge in [0.05, 0.1) is 10.8 Å². The number of hydrogen-bond donors (Lipinski definition) is 0. The van der Waals surface area contributed by atoms with Crippen LogP contribution < -0.4 is 9.64 Å². The van der Waals surface area contributed by atoms with Crippen molar-refractivity contribution in [1.82, 2.24) is 0 Å². The fourth-order valence-corrected chi connectivity index (χ4v) is 9.31. The Balaban J connectivity index is 1.21. The van der Waals surface area contributed by atoms with Crippen LogP contribution in [0.3, 0.4) is 0 Å². The van der Waals surface area contributed by atoms with Crippen LogP contribution in [0.15, 0.2) is 206 Å². The molecule has 8 aromatic carbocycles. The Kier molecular flexibility index (Phi) is 7.19. The van der Waals surface area contributed by atoms with E-state index in [1.165, 1.54) is 50.2 Å². The molecule has 0 aromatic heterocycles. The van der Waals surface area contributed by atoms with Crippen molar-refractivity contribution < 1.29 is 4.74 Å². The van der Waals surface area contributed by atoms with Gasteiger partial charge in [-0.3, -0.25) is 0 Å². The lowest BCUT2D eigenvalue weighted by molar-refractivity contribution is 0.434. The highest BCUT2D eigenvalue weighted by atomic mass is 16.5. The third-order valence-corrected chi connectivity index (χ3v) is 11.5. The number of anilines is 2. The molecular weight excluding hydrogens is 643 g/mol. The highest BCUT2D eigenvalue weighted by Gasteiger charge is 2.48. The summed E-state index contributed by atoms with van der Waals surface area (Å²) in [7, 11) is 2.21. The lowest BCUT2D eigenvalue weighted by Crippen LogP contribution is -2.34. The molecule has 0 saturated carbocycles. The molecule has 10 rings (SSSR count). The number of para-hydroxylation sites is 2. The lowest BCUT2D eigenvalue weighted by Gasteiger charge is -2.41. The summed E-state index contributed by atoms with van der Waals surface area (Å²) in [5, 5.41) is 0. The fraction of sp³-hybridized carbons (Fsp3) is 0.0588. The second-order valence-corrected chi connectivity index (χ2v) is 14.0. The molecule has 0 spiro atoms. The van der Waals surface area contributed by atoms with E-state index < -0.39 is 10.8 Å². The van der Waals surface area contributed by atoms with Crippen LogP contribution >= 0.6 is 0 Å². The van der Waals surface area contributed by atoms with Crippen molar-refractivity contribution in [2.24, 2.45) is 0 Å². The topological polar surface area (TPSA) is 12.5 Å². The van der Waals surface area contributed by atoms with Gasteiger partial charge in [0.1, 0.15) is 11.5 Å². The molecule has 53 heavy (non-hydrogen) atoms. The van der Waals surface area contributed by atoms with Crippen LogP contribution in [-0.4, -0.2) is 7.05 Å². The summed E-state index contributed by atoms with van der Waals surface area (Å²) in [6, 6.07) is 74.8. The van der Waals surface area contributed by atoms with Crippen LogP contribution in [0.5, 0.6) is 11.5 Å². The van der Waals surface area contributed by atoms with E-state index in [0.29, 0.717) is 0 Å². The minimum absolute atomic E-state index is 0.458. The summed E-state index contributed by atoms with van der Waals surface area (Å²) >= 11 is 0. The van der Waals surface area contributed by atoms with Crippen LogP contribution in [0.4, 0.5) is 11.4 Å². The van der Waals surface area contributed by atoms with Gasteiger partial charge in [-0.1, -0.05) is 176 Å². The molecule has 0 N–H and O–H groups in total. The summed E-state index contributed by atoms with van der Waals surface area (Å²) in [6.07, 6.45) is 0. The van der Waals surface area contributed by atoms with Gasteiger partial charge in [0, 0.05) is 35.1 Å². The molecule has 0 amide bonds. The van der Waals surface area contributed by atoms with E-state index in [4.69, 9.17) is 4.74 Å². The molecule has 0 atom stereocenters. The van der Waals surface area contributed by atoms with Crippen molar-refractivity contribution in [3.8, 4) is 22.6 Å². The molecule has 0 bridgehead atoms. The molecule has 0 radical (unpaired) electrons. The molecule has 2 aliphatic rings. The van der Waals surface area contributed by atoms with Crippen molar-refractivity contribution in [3.63, 3.8) is 0 Å². The van der Waals surface area contributed by atoms with Crippen LogP contribution in [0.2, 0.25) is 0 Å². The maximum absolute atomic E-state index is 6.59. The Hall–Kier alpha value is -6.64. The van der Waals surface area contributed by atoms with E-state index in [1.807, 2.05) is 0 Å². The molecule has 1 heterocycles. The average molecular weight is 680 g/mol. The summed E-state index contributed by atoms with van der Waals surface area (Å²) in [5.74, 6) is 1.76. The minimum Gasteiger partial charge on any atom is -0.457 e. The van der Waals surface area contributed by atoms with Crippen molar-refractivity contribution in [3.05, 3.63) is 251 Å². The predicted octanol–water partition coefficient (Wildman–Crippen LogP) is 12.3. The smallest absolute Gasteiger partial charge is 0.132 e. The summed E-state index contributed by atoms with van der Waals surface area (Å²) < 4.78 is 6.59. The first-order valence-corrected chi connectivity index (χ1v) is 18.3. The summed E-state index contributed by atoms with van der Waals surface area (Å²) in [6.45, 7) is 0. The first-order chi connectivity index (χ1) is 26.2. The van der Waals surface area contributed by atoms with Gasteiger partial charge in [-0.25, -0.2) is 0 Å². The molecule has 8 aromatic rings. The Bertz CT molecular complexity index is 2530. The van der Waals surface area contributed by atoms with E-state index >= 15 is 0 Å². The number of nitrogens with zero attached hydrogens (tertiary/aromatic N) is 1. The molecule has 0 fully saturated rings. The maximum Gasteiger partial charge on any atom is 0.132 e. The predicted molar refractivity (Wildman–Crippen MR) is 217 cm³/mol. The van der Waals surface area contributed by atoms with Crippen LogP contribution in [0, 0.1) is 0 Å². The first kappa shape index (κ1) is 31.1. The monoisotopic (exact) mass is 679 g/mol. The second-order valence-electron chi connectivity index (χ2n) is 14.0. The van der Waals surface area contributed by atoms with Crippen LogP contribution in [0.1, 0.15) is 44.5 Å². The number of ether oxygens (including phenoxy) is 1. The highest BCUT2D eigenvalue weighted by molar-refractivity contribution is 5.95. The van der Waals surface area contributed by atoms with Crippen molar-refractivity contribution in [2.75, 3.05) is 11.9 Å². The molecule has 2 nitrogen and oxygen atoms in total. The second kappa shape index (κ2) is 12.3.